The van der Waals surface area contributed by atoms with Crippen LogP contribution >= 0.6 is 12.2 Å². The van der Waals surface area contributed by atoms with Crippen LogP contribution in [-0.2, 0) is 0 Å². The number of non-ortho nitro benzene ring substituents is 1. The molecule has 9 heteroatoms. The van der Waals surface area contributed by atoms with Crippen molar-refractivity contribution in [1.29, 1.82) is 0 Å². The van der Waals surface area contributed by atoms with Crippen molar-refractivity contribution in [3.8, 4) is 0 Å². The normalized spacial score (nSPS) is 9.76. The van der Waals surface area contributed by atoms with Crippen molar-refractivity contribution in [1.82, 2.24) is 5.01 Å². The van der Waals surface area contributed by atoms with Crippen LogP contribution in [0, 0.1) is 15.9 Å². The Hall–Kier alpha value is -2.13. The molecule has 0 fully saturated rings. The van der Waals surface area contributed by atoms with Gasteiger partial charge >= 0.3 is 6.09 Å². The van der Waals surface area contributed by atoms with E-state index in [-0.39, 0.29) is 10.6 Å². The maximum Gasteiger partial charge on any atom is 0.427 e. The van der Waals surface area contributed by atoms with E-state index in [4.69, 9.17) is 10.9 Å². The van der Waals surface area contributed by atoms with Crippen LogP contribution in [0.5, 0.6) is 0 Å². The predicted octanol–water partition coefficient (Wildman–Crippen LogP) is 1.26. The summed E-state index contributed by atoms with van der Waals surface area (Å²) in [5.41, 5.74) is -0.761. The molecule has 0 heterocycles. The number of benzene rings is 1. The molecule has 0 aliphatic heterocycles. The number of hydrogen-bond acceptors (Lipinski definition) is 5. The van der Waals surface area contributed by atoms with Gasteiger partial charge in [0.1, 0.15) is 10.8 Å². The van der Waals surface area contributed by atoms with E-state index >= 15 is 0 Å². The van der Waals surface area contributed by atoms with Crippen molar-refractivity contribution in [3.63, 3.8) is 0 Å². The average molecular weight is 259 g/mol. The second kappa shape index (κ2) is 4.80. The summed E-state index contributed by atoms with van der Waals surface area (Å²) in [6, 6.07) is 2.64. The molecule has 1 aromatic rings. The SMILES string of the molecule is NN(C(=O)O)C(=S)c1ccc([N+](=O)[O-])cc1F. The van der Waals surface area contributed by atoms with Crippen molar-refractivity contribution < 1.29 is 19.2 Å². The number of halogens is 1. The number of nitro benzene ring substituents is 1. The highest BCUT2D eigenvalue weighted by Gasteiger charge is 2.19. The Labute approximate surface area is 99.4 Å². The lowest BCUT2D eigenvalue weighted by atomic mass is 10.2. The van der Waals surface area contributed by atoms with Crippen LogP contribution in [0.15, 0.2) is 18.2 Å². The zero-order valence-electron chi connectivity index (χ0n) is 8.16. The van der Waals surface area contributed by atoms with Gasteiger partial charge in [-0.1, -0.05) is 12.2 Å². The second-order valence-corrected chi connectivity index (χ2v) is 3.27. The Bertz CT molecular complexity index is 508. The summed E-state index contributed by atoms with van der Waals surface area (Å²) in [5, 5.41) is 19.0. The highest BCUT2D eigenvalue weighted by molar-refractivity contribution is 7.80. The van der Waals surface area contributed by atoms with Gasteiger partial charge in [0.15, 0.2) is 0 Å². The largest absolute Gasteiger partial charge is 0.464 e. The molecular weight excluding hydrogens is 253 g/mol. The summed E-state index contributed by atoms with van der Waals surface area (Å²) in [6.07, 6.45) is -1.56. The number of amides is 1. The van der Waals surface area contributed by atoms with Gasteiger partial charge in [-0.05, 0) is 6.07 Å². The summed E-state index contributed by atoms with van der Waals surface area (Å²) in [4.78, 5) is 19.6. The van der Waals surface area contributed by atoms with Crippen LogP contribution in [0.25, 0.3) is 0 Å². The number of nitrogens with zero attached hydrogens (tertiary/aromatic N) is 2. The first kappa shape index (κ1) is 12.9. The first-order valence-corrected chi connectivity index (χ1v) is 4.51. The van der Waals surface area contributed by atoms with Gasteiger partial charge in [-0.15, -0.1) is 0 Å². The van der Waals surface area contributed by atoms with E-state index in [9.17, 15) is 19.3 Å². The number of nitro groups is 1. The fraction of sp³-hybridized carbons (Fsp3) is 0. The lowest BCUT2D eigenvalue weighted by Gasteiger charge is -2.13. The minimum Gasteiger partial charge on any atom is -0.464 e. The van der Waals surface area contributed by atoms with Gasteiger partial charge in [-0.25, -0.2) is 20.0 Å². The van der Waals surface area contributed by atoms with Crippen LogP contribution in [0.4, 0.5) is 14.9 Å². The zero-order chi connectivity index (χ0) is 13.2. The number of carbonyl (C=O) groups is 1. The van der Waals surface area contributed by atoms with Gasteiger partial charge < -0.3 is 5.11 Å². The molecule has 1 aromatic carbocycles. The van der Waals surface area contributed by atoms with Crippen LogP contribution in [-0.4, -0.2) is 26.1 Å². The summed E-state index contributed by atoms with van der Waals surface area (Å²) < 4.78 is 13.4. The van der Waals surface area contributed by atoms with E-state index < -0.39 is 27.5 Å². The van der Waals surface area contributed by atoms with Gasteiger partial charge in [-0.2, -0.15) is 0 Å². The molecular formula is C8H6FN3O4S. The molecule has 17 heavy (non-hydrogen) atoms. The minimum absolute atomic E-state index is 0.152. The number of carboxylic acid groups (broad SMARTS) is 1. The molecule has 0 saturated heterocycles. The molecule has 0 radical (unpaired) electrons. The maximum absolute atomic E-state index is 13.4. The van der Waals surface area contributed by atoms with Gasteiger partial charge in [0.25, 0.3) is 5.69 Å². The Balaban J connectivity index is 3.12. The lowest BCUT2D eigenvalue weighted by Crippen LogP contribution is -2.41. The molecule has 1 amide bonds. The summed E-state index contributed by atoms with van der Waals surface area (Å²) in [5.74, 6) is 4.04. The van der Waals surface area contributed by atoms with Crippen molar-refractivity contribution in [3.05, 3.63) is 39.7 Å². The third-order valence-electron chi connectivity index (χ3n) is 1.82. The van der Waals surface area contributed by atoms with E-state index in [1.54, 1.807) is 0 Å². The molecule has 90 valence electrons. The number of rotatable bonds is 2. The lowest BCUT2D eigenvalue weighted by molar-refractivity contribution is -0.385. The summed E-state index contributed by atoms with van der Waals surface area (Å²) in [7, 11) is 0. The smallest absolute Gasteiger partial charge is 0.427 e. The van der Waals surface area contributed by atoms with Crippen molar-refractivity contribution in [2.24, 2.45) is 5.84 Å². The fourth-order valence-electron chi connectivity index (χ4n) is 1.01. The second-order valence-electron chi connectivity index (χ2n) is 2.88. The van der Waals surface area contributed by atoms with Crippen LogP contribution < -0.4 is 5.84 Å². The van der Waals surface area contributed by atoms with E-state index in [2.05, 4.69) is 12.2 Å². The molecule has 0 aliphatic carbocycles. The molecule has 0 spiro atoms. The fourth-order valence-corrected chi connectivity index (χ4v) is 1.25. The van der Waals surface area contributed by atoms with E-state index in [1.165, 1.54) is 0 Å². The van der Waals surface area contributed by atoms with Crippen LogP contribution in [0.3, 0.4) is 0 Å². The third kappa shape index (κ3) is 2.71. The van der Waals surface area contributed by atoms with Gasteiger partial charge in [-0.3, -0.25) is 10.1 Å². The van der Waals surface area contributed by atoms with Crippen molar-refractivity contribution in [2.45, 2.75) is 0 Å². The zero-order valence-corrected chi connectivity index (χ0v) is 8.98. The van der Waals surface area contributed by atoms with Crippen LogP contribution in [0.2, 0.25) is 0 Å². The molecule has 1 rings (SSSR count). The highest BCUT2D eigenvalue weighted by atomic mass is 32.1. The quantitative estimate of drug-likeness (QED) is 0.272. The Morgan fingerprint density at radius 1 is 1.59 bits per heavy atom. The summed E-state index contributed by atoms with van der Waals surface area (Å²) in [6.45, 7) is 0. The number of hydrazine groups is 1. The number of thiocarbonyl (C=S) groups is 1. The average Bonchev–Trinajstić information content (AvgIpc) is 2.26. The standard InChI is InChI=1S/C8H6FN3O4S/c9-6-3-4(12(15)16)1-2-5(6)7(17)11(10)8(13)14/h1-3H,10H2,(H,13,14). The predicted molar refractivity (Wildman–Crippen MR) is 58.8 cm³/mol. The van der Waals surface area contributed by atoms with Crippen LogP contribution in [0.1, 0.15) is 5.56 Å². The highest BCUT2D eigenvalue weighted by Crippen LogP contribution is 2.17. The molecule has 7 nitrogen and oxygen atoms in total. The molecule has 3 N–H and O–H groups in total. The van der Waals surface area contributed by atoms with Crippen molar-refractivity contribution >= 4 is 29.0 Å². The first-order valence-electron chi connectivity index (χ1n) is 4.10. The topological polar surface area (TPSA) is 110 Å². The monoisotopic (exact) mass is 259 g/mol. The minimum atomic E-state index is -1.56. The van der Waals surface area contributed by atoms with E-state index in [0.29, 0.717) is 6.07 Å². The Morgan fingerprint density at radius 3 is 2.59 bits per heavy atom. The van der Waals surface area contributed by atoms with E-state index in [1.807, 2.05) is 0 Å². The Kier molecular flexibility index (Phi) is 3.66. The Morgan fingerprint density at radius 2 is 2.18 bits per heavy atom. The maximum atomic E-state index is 13.4. The molecule has 0 atom stereocenters. The molecule has 0 bridgehead atoms. The number of hydrogen-bond donors (Lipinski definition) is 2. The molecule has 0 unspecified atom stereocenters. The molecule has 0 aliphatic rings. The first-order chi connectivity index (χ1) is 7.84. The van der Waals surface area contributed by atoms with Gasteiger partial charge in [0.05, 0.1) is 11.0 Å². The van der Waals surface area contributed by atoms with E-state index in [0.717, 1.165) is 12.1 Å². The molecule has 0 saturated carbocycles. The van der Waals surface area contributed by atoms with Gasteiger partial charge in [0, 0.05) is 11.6 Å². The summed E-state index contributed by atoms with van der Waals surface area (Å²) >= 11 is 4.63. The third-order valence-corrected chi connectivity index (χ3v) is 2.24. The van der Waals surface area contributed by atoms with Crippen molar-refractivity contribution in [2.75, 3.05) is 0 Å². The van der Waals surface area contributed by atoms with Gasteiger partial charge in [0.2, 0.25) is 0 Å². The molecule has 0 aromatic heterocycles. The number of nitrogens with two attached hydrogens (primary N) is 1.